The molecule has 5 heterocycles. The summed E-state index contributed by atoms with van der Waals surface area (Å²) in [5.41, 5.74) is -3.95. The number of benzene rings is 2. The smallest absolute Gasteiger partial charge is 0.407 e. The van der Waals surface area contributed by atoms with Gasteiger partial charge < -0.3 is 40.5 Å². The van der Waals surface area contributed by atoms with Crippen LogP contribution in [0.15, 0.2) is 67.3 Å². The predicted molar refractivity (Wildman–Crippen MR) is 257 cm³/mol. The van der Waals surface area contributed by atoms with E-state index in [1.807, 2.05) is 10.7 Å². The van der Waals surface area contributed by atoms with Gasteiger partial charge in [-0.1, -0.05) is 24.0 Å². The van der Waals surface area contributed by atoms with E-state index in [-0.39, 0.29) is 23.0 Å². The number of nitrogens with one attached hydrogen (secondary N) is 4. The number of halogens is 8. The van der Waals surface area contributed by atoms with Crippen molar-refractivity contribution in [2.75, 3.05) is 44.9 Å². The highest BCUT2D eigenvalue weighted by atomic mass is 19.4. The average Bonchev–Trinajstić information content (AvgIpc) is 4.02. The molecule has 3 fully saturated rings. The summed E-state index contributed by atoms with van der Waals surface area (Å²) in [6, 6.07) is 3.40. The van der Waals surface area contributed by atoms with E-state index in [1.54, 1.807) is 12.4 Å². The summed E-state index contributed by atoms with van der Waals surface area (Å²) in [4.78, 5) is 73.6. The second kappa shape index (κ2) is 23.1. The minimum absolute atomic E-state index is 0.113. The topological polar surface area (TPSA) is 237 Å². The molecule has 3 aliphatic heterocycles. The summed E-state index contributed by atoms with van der Waals surface area (Å²) in [6.07, 6.45) is -9.72. The fourth-order valence-corrected chi connectivity index (χ4v) is 9.03. The number of rotatable bonds is 18. The summed E-state index contributed by atoms with van der Waals surface area (Å²) in [7, 11) is 0.830. The number of nitrogens with zero attached hydrogens (tertiary/aromatic N) is 7. The Balaban J connectivity index is 1.17. The van der Waals surface area contributed by atoms with E-state index >= 15 is 8.78 Å². The van der Waals surface area contributed by atoms with Gasteiger partial charge in [0.25, 0.3) is 5.91 Å². The number of aliphatic hydroxyl groups is 1. The Bertz CT molecular complexity index is 2810. The summed E-state index contributed by atoms with van der Waals surface area (Å²) in [6.45, 7) is 3.21. The number of carbonyl (C=O) groups excluding carboxylic acids is 3. The van der Waals surface area contributed by atoms with Gasteiger partial charge >= 0.3 is 24.5 Å². The van der Waals surface area contributed by atoms with E-state index in [9.17, 15) is 55.7 Å². The molecule has 4 amide bonds. The molecule has 77 heavy (non-hydrogen) atoms. The third-order valence-corrected chi connectivity index (χ3v) is 14.0. The molecule has 6 atom stereocenters. The van der Waals surface area contributed by atoms with Crippen LogP contribution in [0.1, 0.15) is 56.4 Å². The number of carbonyl (C=O) groups is 4. The number of alkyl carbamates (subject to hydrolysis) is 1. The zero-order valence-electron chi connectivity index (χ0n) is 42.0. The monoisotopic (exact) mass is 1090 g/mol. The highest BCUT2D eigenvalue weighted by molar-refractivity contribution is 5.87. The Morgan fingerprint density at radius 3 is 1.91 bits per heavy atom. The third kappa shape index (κ3) is 13.3. The first-order valence-corrected chi connectivity index (χ1v) is 24.0. The van der Waals surface area contributed by atoms with Crippen LogP contribution in [0.25, 0.3) is 11.4 Å². The zero-order valence-corrected chi connectivity index (χ0v) is 42.0. The maximum Gasteiger partial charge on any atom is 0.407 e. The van der Waals surface area contributed by atoms with Gasteiger partial charge in [0.15, 0.2) is 5.82 Å². The first-order chi connectivity index (χ1) is 36.2. The highest BCUT2D eigenvalue weighted by Crippen LogP contribution is 2.42. The number of likely N-dealkylation sites (tertiary alicyclic amines) is 1. The lowest BCUT2D eigenvalue weighted by Crippen LogP contribution is -2.63. The predicted octanol–water partition coefficient (Wildman–Crippen LogP) is 4.73. The van der Waals surface area contributed by atoms with Crippen LogP contribution >= 0.6 is 0 Å². The standard InChI is InChI=1S/C50H55F8N11O8/c1-47(2,49(53,54)55)39(65-46(75)76-5)42(71)63-37(15-28-10-7-27(8-11-28)9-12-29-19-61-44(62-20-29)69-22-31-18-32(69)21-68(31)33-25-77-26-33)38(70)24-67(66-43(72)40(64-45(73)74)48(3,4)50(56,57)58)23-34-35(51)16-30(17-36(34)52)41-59-13-6-14-60-41/h6-8,10-11,13-14,16-17,19-20,31-33,37-40,64,70H,15,18,21-26H2,1-5H3,(H,63,71)(H,65,75)(H,66,72)(H,73,74)/t31-,32-,37?,38?,39?,40?/m1/s1. The van der Waals surface area contributed by atoms with Crippen molar-refractivity contribution in [3.63, 3.8) is 0 Å². The second-order valence-corrected chi connectivity index (χ2v) is 19.9. The minimum atomic E-state index is -5.24. The zero-order chi connectivity index (χ0) is 56.2. The Kier molecular flexibility index (Phi) is 17.3. The van der Waals surface area contributed by atoms with Gasteiger partial charge in [0.1, 0.15) is 23.7 Å². The third-order valence-electron chi connectivity index (χ3n) is 14.0. The number of ether oxygens (including phenoxy) is 2. The molecular weight excluding hydrogens is 1030 g/mol. The number of hydrogen-bond acceptors (Lipinski definition) is 14. The molecule has 2 bridgehead atoms. The van der Waals surface area contributed by atoms with Gasteiger partial charge in [-0.2, -0.15) is 26.3 Å². The van der Waals surface area contributed by atoms with Crippen LogP contribution in [0.5, 0.6) is 0 Å². The van der Waals surface area contributed by atoms with Crippen molar-refractivity contribution >= 4 is 29.9 Å². The van der Waals surface area contributed by atoms with Crippen molar-refractivity contribution in [3.8, 4) is 23.2 Å². The van der Waals surface area contributed by atoms with Crippen LogP contribution in [0.2, 0.25) is 0 Å². The molecule has 19 nitrogen and oxygen atoms in total. The van der Waals surface area contributed by atoms with Crippen LogP contribution in [0.4, 0.5) is 50.7 Å². The summed E-state index contributed by atoms with van der Waals surface area (Å²) in [5.74, 6) is 0.563. The number of amides is 4. The van der Waals surface area contributed by atoms with Gasteiger partial charge in [-0.3, -0.25) is 19.9 Å². The quantitative estimate of drug-likeness (QED) is 0.0449. The summed E-state index contributed by atoms with van der Waals surface area (Å²) < 4.78 is 128. The lowest BCUT2D eigenvalue weighted by Gasteiger charge is -2.42. The first-order valence-electron chi connectivity index (χ1n) is 24.0. The molecule has 27 heteroatoms. The molecule has 0 spiro atoms. The highest BCUT2D eigenvalue weighted by Gasteiger charge is 2.57. The number of hydrogen-bond donors (Lipinski definition) is 6. The second-order valence-electron chi connectivity index (χ2n) is 19.9. The Morgan fingerprint density at radius 1 is 0.805 bits per heavy atom. The number of aromatic nitrogens is 4. The van der Waals surface area contributed by atoms with E-state index in [2.05, 4.69) is 51.6 Å². The van der Waals surface area contributed by atoms with Gasteiger partial charge in [-0.05, 0) is 76.4 Å². The van der Waals surface area contributed by atoms with E-state index in [4.69, 9.17) is 4.74 Å². The van der Waals surface area contributed by atoms with E-state index in [1.165, 1.54) is 48.0 Å². The van der Waals surface area contributed by atoms with E-state index in [0.717, 1.165) is 52.0 Å². The van der Waals surface area contributed by atoms with Crippen LogP contribution in [0.3, 0.4) is 0 Å². The van der Waals surface area contributed by atoms with Gasteiger partial charge in [-0.15, -0.1) is 0 Å². The number of anilines is 1. The number of methoxy groups -OCH3 is 1. The molecule has 4 unspecified atom stereocenters. The fourth-order valence-electron chi connectivity index (χ4n) is 9.03. The Hall–Kier alpha value is -7.28. The largest absolute Gasteiger partial charge is 0.465 e. The molecule has 6 N–H and O–H groups in total. The van der Waals surface area contributed by atoms with Crippen molar-refractivity contribution < 1.29 is 74.0 Å². The van der Waals surface area contributed by atoms with Gasteiger partial charge in [0.2, 0.25) is 11.9 Å². The Labute approximate surface area is 436 Å². The normalized spacial score (nSPS) is 18.6. The molecule has 3 aliphatic rings. The first kappa shape index (κ1) is 57.4. The number of hydrazine groups is 1. The van der Waals surface area contributed by atoms with Crippen molar-refractivity contribution in [1.82, 2.24) is 51.2 Å². The van der Waals surface area contributed by atoms with Gasteiger partial charge in [0, 0.05) is 79.7 Å². The van der Waals surface area contributed by atoms with Crippen molar-refractivity contribution in [3.05, 3.63) is 101 Å². The average molecular weight is 1090 g/mol. The molecule has 414 valence electrons. The van der Waals surface area contributed by atoms with Crippen molar-refractivity contribution in [2.24, 2.45) is 10.8 Å². The van der Waals surface area contributed by atoms with Gasteiger partial charge in [-0.25, -0.2) is 43.3 Å². The number of fused-ring (bicyclic) bond motifs is 2. The lowest BCUT2D eigenvalue weighted by atomic mass is 9.82. The summed E-state index contributed by atoms with van der Waals surface area (Å²) >= 11 is 0. The van der Waals surface area contributed by atoms with Crippen LogP contribution < -0.4 is 26.3 Å². The van der Waals surface area contributed by atoms with Crippen molar-refractivity contribution in [1.29, 1.82) is 0 Å². The van der Waals surface area contributed by atoms with Crippen LogP contribution in [0, 0.1) is 34.3 Å². The lowest BCUT2D eigenvalue weighted by molar-refractivity contribution is -0.221. The fraction of sp³-hybridized carbons (Fsp3) is 0.480. The summed E-state index contributed by atoms with van der Waals surface area (Å²) in [5, 5.41) is 27.7. The minimum Gasteiger partial charge on any atom is -0.465 e. The molecule has 3 saturated heterocycles. The molecule has 7 rings (SSSR count). The van der Waals surface area contributed by atoms with Crippen LogP contribution in [-0.4, -0.2) is 159 Å². The molecule has 0 saturated carbocycles. The maximum absolute atomic E-state index is 15.9. The SMILES string of the molecule is COC(=O)NC(C(=O)NC(Cc1ccc(C#Cc2cnc(N3C[C@H]4C[C@@H]3CN4C3COC3)nc2)cc1)C(O)CN(Cc1c(F)cc(-c2ncccn2)cc1F)NC(=O)C(NC(=O)O)C(C)(C)C(F)(F)F)C(C)(C)C(F)(F)F. The van der Waals surface area contributed by atoms with Crippen LogP contribution in [-0.2, 0) is 32.0 Å². The molecule has 0 radical (unpaired) electrons. The molecular formula is C50H55F8N11O8. The van der Waals surface area contributed by atoms with E-state index < -0.39 is 108 Å². The number of piperazine rings is 1. The molecule has 0 aliphatic carbocycles. The van der Waals surface area contributed by atoms with Crippen molar-refractivity contribution in [2.45, 2.75) is 102 Å². The molecule has 2 aromatic carbocycles. The van der Waals surface area contributed by atoms with E-state index in [0.29, 0.717) is 61.9 Å². The number of carboxylic acid groups (broad SMARTS) is 1. The van der Waals surface area contributed by atoms with Gasteiger partial charge in [0.05, 0.1) is 54.9 Å². The molecule has 2 aromatic heterocycles. The number of alkyl halides is 6. The number of aliphatic hydroxyl groups excluding tert-OH is 1. The maximum atomic E-state index is 15.9. The molecule has 4 aromatic rings. The Morgan fingerprint density at radius 2 is 1.39 bits per heavy atom.